The average molecular weight is 333 g/mol. The number of ether oxygens (including phenoxy) is 1. The minimum atomic E-state index is -0.533. The summed E-state index contributed by atoms with van der Waals surface area (Å²) >= 11 is 0. The first-order chi connectivity index (χ1) is 11.3. The lowest BCUT2D eigenvalue weighted by Crippen LogP contribution is -2.27. The van der Waals surface area contributed by atoms with Crippen LogP contribution in [0.15, 0.2) is 34.9 Å². The van der Waals surface area contributed by atoms with E-state index in [1.165, 1.54) is 6.42 Å². The van der Waals surface area contributed by atoms with Gasteiger partial charge in [0.2, 0.25) is 0 Å². The standard InChI is InChI=1S/C15H19N3O3.C3H8/c1-15(2,3)21-14(19)18-11-7-5-6-10(8-11)12-9-17-13(16-4)20-12;1-3-2/h5-9H,1-4H3,(H,16,17)(H,18,19);3H2,1-2H3. The molecule has 0 fully saturated rings. The zero-order valence-corrected chi connectivity index (χ0v) is 15.3. The number of hydrogen-bond donors (Lipinski definition) is 2. The Morgan fingerprint density at radius 3 is 2.50 bits per heavy atom. The molecule has 6 nitrogen and oxygen atoms in total. The molecule has 0 aliphatic rings. The van der Waals surface area contributed by atoms with E-state index in [-0.39, 0.29) is 0 Å². The second-order valence-corrected chi connectivity index (χ2v) is 6.19. The summed E-state index contributed by atoms with van der Waals surface area (Å²) in [5.41, 5.74) is 0.913. The molecule has 2 aromatic rings. The SMILES string of the molecule is CCC.CNc1ncc(-c2cccc(NC(=O)OC(C)(C)C)c2)o1. The second-order valence-electron chi connectivity index (χ2n) is 6.19. The lowest BCUT2D eigenvalue weighted by Gasteiger charge is -2.19. The van der Waals surface area contributed by atoms with Gasteiger partial charge in [-0.1, -0.05) is 32.4 Å². The predicted molar refractivity (Wildman–Crippen MR) is 97.3 cm³/mol. The molecule has 2 N–H and O–H groups in total. The van der Waals surface area contributed by atoms with Crippen LogP contribution in [0.4, 0.5) is 16.5 Å². The molecule has 1 heterocycles. The molecule has 0 radical (unpaired) electrons. The first-order valence-corrected chi connectivity index (χ1v) is 8.03. The van der Waals surface area contributed by atoms with Crippen molar-refractivity contribution in [2.75, 3.05) is 17.7 Å². The molecule has 0 bridgehead atoms. The molecule has 0 saturated carbocycles. The van der Waals surface area contributed by atoms with Crippen LogP contribution >= 0.6 is 0 Å². The van der Waals surface area contributed by atoms with Gasteiger partial charge in [-0.05, 0) is 32.9 Å². The van der Waals surface area contributed by atoms with E-state index in [0.29, 0.717) is 17.5 Å². The van der Waals surface area contributed by atoms with E-state index in [9.17, 15) is 4.79 Å². The first kappa shape index (κ1) is 19.5. The number of carbonyl (C=O) groups excluding carboxylic acids is 1. The van der Waals surface area contributed by atoms with Crippen molar-refractivity contribution in [3.05, 3.63) is 30.5 Å². The number of anilines is 2. The molecule has 1 aromatic heterocycles. The molecule has 0 aliphatic heterocycles. The van der Waals surface area contributed by atoms with Crippen molar-refractivity contribution in [3.8, 4) is 11.3 Å². The topological polar surface area (TPSA) is 76.4 Å². The van der Waals surface area contributed by atoms with Crippen molar-refractivity contribution in [1.29, 1.82) is 0 Å². The predicted octanol–water partition coefficient (Wildman–Crippen LogP) is 5.15. The van der Waals surface area contributed by atoms with Crippen molar-refractivity contribution < 1.29 is 13.9 Å². The molecule has 0 atom stereocenters. The first-order valence-electron chi connectivity index (χ1n) is 8.03. The van der Waals surface area contributed by atoms with Crippen molar-refractivity contribution in [1.82, 2.24) is 4.98 Å². The minimum absolute atomic E-state index is 0.440. The molecular formula is C18H27N3O3. The number of hydrogen-bond acceptors (Lipinski definition) is 5. The van der Waals surface area contributed by atoms with Gasteiger partial charge in [0, 0.05) is 18.3 Å². The molecule has 24 heavy (non-hydrogen) atoms. The van der Waals surface area contributed by atoms with Crippen LogP contribution < -0.4 is 10.6 Å². The Balaban J connectivity index is 0.000000891. The van der Waals surface area contributed by atoms with Gasteiger partial charge in [-0.15, -0.1) is 0 Å². The normalized spacial score (nSPS) is 10.4. The van der Waals surface area contributed by atoms with E-state index in [1.807, 2.05) is 32.9 Å². The summed E-state index contributed by atoms with van der Waals surface area (Å²) in [6.07, 6.45) is 2.38. The van der Waals surface area contributed by atoms with Crippen LogP contribution in [-0.4, -0.2) is 23.7 Å². The lowest BCUT2D eigenvalue weighted by atomic mass is 10.1. The Hall–Kier alpha value is -2.50. The van der Waals surface area contributed by atoms with E-state index in [1.54, 1.807) is 25.4 Å². The molecule has 132 valence electrons. The fourth-order valence-electron chi connectivity index (χ4n) is 1.69. The number of rotatable bonds is 3. The van der Waals surface area contributed by atoms with Crippen LogP contribution in [0, 0.1) is 0 Å². The second kappa shape index (κ2) is 8.96. The zero-order chi connectivity index (χ0) is 18.2. The monoisotopic (exact) mass is 333 g/mol. The molecule has 0 aliphatic carbocycles. The van der Waals surface area contributed by atoms with Gasteiger partial charge in [0.15, 0.2) is 5.76 Å². The van der Waals surface area contributed by atoms with Crippen LogP contribution in [0.25, 0.3) is 11.3 Å². The summed E-state index contributed by atoms with van der Waals surface area (Å²) in [5, 5.41) is 5.51. The molecule has 1 amide bonds. The average Bonchev–Trinajstić information content (AvgIpc) is 2.95. The van der Waals surface area contributed by atoms with Crippen LogP contribution in [0.5, 0.6) is 0 Å². The molecule has 6 heteroatoms. The summed E-state index contributed by atoms with van der Waals surface area (Å²) in [4.78, 5) is 15.8. The van der Waals surface area contributed by atoms with Crippen molar-refractivity contribution in [3.63, 3.8) is 0 Å². The third-order valence-electron chi connectivity index (χ3n) is 2.51. The summed E-state index contributed by atoms with van der Waals surface area (Å²) < 4.78 is 10.7. The summed E-state index contributed by atoms with van der Waals surface area (Å²) in [5.74, 6) is 0.618. The maximum atomic E-state index is 11.7. The van der Waals surface area contributed by atoms with Gasteiger partial charge in [-0.25, -0.2) is 9.78 Å². The number of aromatic nitrogens is 1. The minimum Gasteiger partial charge on any atom is -0.444 e. The van der Waals surface area contributed by atoms with Gasteiger partial charge in [-0.3, -0.25) is 5.32 Å². The molecule has 0 spiro atoms. The quantitative estimate of drug-likeness (QED) is 0.812. The zero-order valence-electron chi connectivity index (χ0n) is 15.3. The largest absolute Gasteiger partial charge is 0.444 e. The van der Waals surface area contributed by atoms with Crippen molar-refractivity contribution in [2.24, 2.45) is 0 Å². The van der Waals surface area contributed by atoms with Gasteiger partial charge in [-0.2, -0.15) is 0 Å². The highest BCUT2D eigenvalue weighted by Gasteiger charge is 2.16. The van der Waals surface area contributed by atoms with Gasteiger partial charge in [0.25, 0.3) is 6.01 Å². The lowest BCUT2D eigenvalue weighted by molar-refractivity contribution is 0.0636. The Labute approximate surface area is 143 Å². The maximum absolute atomic E-state index is 11.7. The molecule has 0 unspecified atom stereocenters. The van der Waals surface area contributed by atoms with Gasteiger partial charge in [0.1, 0.15) is 5.60 Å². The number of benzene rings is 1. The van der Waals surface area contributed by atoms with Crippen molar-refractivity contribution >= 4 is 17.8 Å². The summed E-state index contributed by atoms with van der Waals surface area (Å²) in [7, 11) is 1.73. The number of amides is 1. The van der Waals surface area contributed by atoms with Gasteiger partial charge >= 0.3 is 6.09 Å². The maximum Gasteiger partial charge on any atom is 0.412 e. The number of carbonyl (C=O) groups is 1. The molecule has 0 saturated heterocycles. The highest BCUT2D eigenvalue weighted by molar-refractivity contribution is 5.85. The molecule has 2 rings (SSSR count). The Morgan fingerprint density at radius 1 is 1.29 bits per heavy atom. The Bertz CT molecular complexity index is 645. The smallest absolute Gasteiger partial charge is 0.412 e. The Morgan fingerprint density at radius 2 is 1.96 bits per heavy atom. The Kier molecular flexibility index (Phi) is 7.30. The van der Waals surface area contributed by atoms with E-state index in [0.717, 1.165) is 5.56 Å². The molecule has 1 aromatic carbocycles. The van der Waals surface area contributed by atoms with Crippen LogP contribution in [0.1, 0.15) is 41.0 Å². The number of oxazole rings is 1. The van der Waals surface area contributed by atoms with E-state index < -0.39 is 11.7 Å². The van der Waals surface area contributed by atoms with E-state index in [2.05, 4.69) is 29.5 Å². The third-order valence-corrected chi connectivity index (χ3v) is 2.51. The fourth-order valence-corrected chi connectivity index (χ4v) is 1.69. The van der Waals surface area contributed by atoms with Crippen LogP contribution in [-0.2, 0) is 4.74 Å². The number of nitrogens with one attached hydrogen (secondary N) is 2. The van der Waals surface area contributed by atoms with Crippen LogP contribution in [0.2, 0.25) is 0 Å². The summed E-state index contributed by atoms with van der Waals surface area (Å²) in [6, 6.07) is 7.71. The van der Waals surface area contributed by atoms with E-state index >= 15 is 0 Å². The highest BCUT2D eigenvalue weighted by atomic mass is 16.6. The third kappa shape index (κ3) is 6.73. The van der Waals surface area contributed by atoms with Crippen molar-refractivity contribution in [2.45, 2.75) is 46.6 Å². The highest BCUT2D eigenvalue weighted by Crippen LogP contribution is 2.25. The fraction of sp³-hybridized carbons (Fsp3) is 0.444. The molecular weight excluding hydrogens is 306 g/mol. The van der Waals surface area contributed by atoms with Gasteiger partial charge in [0.05, 0.1) is 6.20 Å². The van der Waals surface area contributed by atoms with Crippen LogP contribution in [0.3, 0.4) is 0 Å². The van der Waals surface area contributed by atoms with Gasteiger partial charge < -0.3 is 14.5 Å². The number of nitrogens with zero attached hydrogens (tertiary/aromatic N) is 1. The van der Waals surface area contributed by atoms with E-state index in [4.69, 9.17) is 9.15 Å². The summed E-state index contributed by atoms with van der Waals surface area (Å²) in [6.45, 7) is 9.70.